The number of hydrogen-bond donors (Lipinski definition) is 1. The molecule has 3 rings (SSSR count). The van der Waals surface area contributed by atoms with Crippen LogP contribution in [0.5, 0.6) is 0 Å². The summed E-state index contributed by atoms with van der Waals surface area (Å²) in [6.07, 6.45) is 1.54. The molecule has 0 aliphatic rings. The summed E-state index contributed by atoms with van der Waals surface area (Å²) in [5.41, 5.74) is 9.56. The van der Waals surface area contributed by atoms with E-state index in [9.17, 15) is 0 Å². The second-order valence-corrected chi connectivity index (χ2v) is 4.65. The van der Waals surface area contributed by atoms with Crippen molar-refractivity contribution in [2.45, 2.75) is 26.7 Å². The summed E-state index contributed by atoms with van der Waals surface area (Å²) in [6.45, 7) is 4.07. The Morgan fingerprint density at radius 2 is 1.81 bits per heavy atom. The molecule has 0 fully saturated rings. The standard InChI is InChI=1S/C14H17N7/c1-3-11-13(15)12(4-2)21(17-11)14-16-18-19-20(14)10-8-6-5-7-9-10/h5-9H,3-4,15H2,1-2H3. The minimum Gasteiger partial charge on any atom is -0.396 e. The van der Waals surface area contributed by atoms with E-state index in [0.29, 0.717) is 5.95 Å². The molecule has 3 aromatic rings. The lowest BCUT2D eigenvalue weighted by molar-refractivity contribution is 0.708. The first kappa shape index (κ1) is 13.3. The number of para-hydroxylation sites is 1. The Morgan fingerprint density at radius 1 is 1.05 bits per heavy atom. The monoisotopic (exact) mass is 283 g/mol. The van der Waals surface area contributed by atoms with E-state index >= 15 is 0 Å². The van der Waals surface area contributed by atoms with Crippen LogP contribution in [0.1, 0.15) is 25.2 Å². The second-order valence-electron chi connectivity index (χ2n) is 4.65. The van der Waals surface area contributed by atoms with Crippen LogP contribution in [0, 0.1) is 0 Å². The normalized spacial score (nSPS) is 11.0. The molecule has 0 radical (unpaired) electrons. The van der Waals surface area contributed by atoms with Crippen molar-refractivity contribution in [3.8, 4) is 11.6 Å². The molecule has 0 bridgehead atoms. The third-order valence-corrected chi connectivity index (χ3v) is 3.41. The molecule has 0 aliphatic carbocycles. The van der Waals surface area contributed by atoms with Crippen LogP contribution >= 0.6 is 0 Å². The number of anilines is 1. The molecule has 7 heteroatoms. The van der Waals surface area contributed by atoms with Gasteiger partial charge in [0, 0.05) is 0 Å². The molecular formula is C14H17N7. The van der Waals surface area contributed by atoms with E-state index in [-0.39, 0.29) is 0 Å². The van der Waals surface area contributed by atoms with Crippen molar-refractivity contribution in [2.75, 3.05) is 5.73 Å². The van der Waals surface area contributed by atoms with Crippen molar-refractivity contribution in [3.05, 3.63) is 41.7 Å². The zero-order chi connectivity index (χ0) is 14.8. The Labute approximate surface area is 122 Å². The van der Waals surface area contributed by atoms with Crippen molar-refractivity contribution >= 4 is 5.69 Å². The lowest BCUT2D eigenvalue weighted by atomic mass is 10.2. The highest BCUT2D eigenvalue weighted by Gasteiger charge is 2.19. The highest BCUT2D eigenvalue weighted by Crippen LogP contribution is 2.22. The maximum Gasteiger partial charge on any atom is 0.275 e. The van der Waals surface area contributed by atoms with Gasteiger partial charge in [0.25, 0.3) is 5.95 Å². The van der Waals surface area contributed by atoms with E-state index < -0.39 is 0 Å². The summed E-state index contributed by atoms with van der Waals surface area (Å²) < 4.78 is 3.40. The SMILES string of the molecule is CCc1nn(-c2nnnn2-c2ccccc2)c(CC)c1N. The lowest BCUT2D eigenvalue weighted by Gasteiger charge is -2.06. The Morgan fingerprint density at radius 3 is 2.48 bits per heavy atom. The zero-order valence-corrected chi connectivity index (χ0v) is 12.1. The quantitative estimate of drug-likeness (QED) is 0.785. The first-order chi connectivity index (χ1) is 10.3. The number of tetrazole rings is 1. The van der Waals surface area contributed by atoms with E-state index in [1.165, 1.54) is 0 Å². The van der Waals surface area contributed by atoms with Crippen LogP contribution in [-0.4, -0.2) is 30.0 Å². The largest absolute Gasteiger partial charge is 0.396 e. The fraction of sp³-hybridized carbons (Fsp3) is 0.286. The van der Waals surface area contributed by atoms with Gasteiger partial charge in [-0.15, -0.1) is 0 Å². The number of nitrogen functional groups attached to an aromatic ring is 1. The van der Waals surface area contributed by atoms with Gasteiger partial charge >= 0.3 is 0 Å². The average Bonchev–Trinajstić information content (AvgIpc) is 3.12. The first-order valence-corrected chi connectivity index (χ1v) is 6.96. The molecule has 0 amide bonds. The van der Waals surface area contributed by atoms with Crippen molar-refractivity contribution < 1.29 is 0 Å². The Bertz CT molecular complexity index is 742. The van der Waals surface area contributed by atoms with Gasteiger partial charge < -0.3 is 5.73 Å². The molecule has 7 nitrogen and oxygen atoms in total. The summed E-state index contributed by atoms with van der Waals surface area (Å²) in [5.74, 6) is 0.546. The van der Waals surface area contributed by atoms with E-state index in [0.717, 1.165) is 35.6 Å². The molecule has 0 saturated carbocycles. The Hall–Kier alpha value is -2.70. The van der Waals surface area contributed by atoms with E-state index in [1.54, 1.807) is 9.36 Å². The fourth-order valence-corrected chi connectivity index (χ4v) is 2.33. The van der Waals surface area contributed by atoms with Gasteiger partial charge in [0.05, 0.1) is 22.8 Å². The van der Waals surface area contributed by atoms with Crippen LogP contribution in [0.3, 0.4) is 0 Å². The van der Waals surface area contributed by atoms with Crippen molar-refractivity contribution in [1.29, 1.82) is 0 Å². The van der Waals surface area contributed by atoms with Gasteiger partial charge in [-0.3, -0.25) is 0 Å². The topological polar surface area (TPSA) is 87.4 Å². The summed E-state index contributed by atoms with van der Waals surface area (Å²) in [4.78, 5) is 0. The minimum absolute atomic E-state index is 0.546. The van der Waals surface area contributed by atoms with E-state index in [1.807, 2.05) is 44.2 Å². The molecule has 0 aliphatic heterocycles. The highest BCUT2D eigenvalue weighted by molar-refractivity contribution is 5.50. The molecule has 2 N–H and O–H groups in total. The van der Waals surface area contributed by atoms with Crippen LogP contribution in [0.4, 0.5) is 5.69 Å². The smallest absolute Gasteiger partial charge is 0.275 e. The van der Waals surface area contributed by atoms with Crippen LogP contribution in [0.2, 0.25) is 0 Å². The van der Waals surface area contributed by atoms with Gasteiger partial charge in [-0.1, -0.05) is 37.1 Å². The Kier molecular flexibility index (Phi) is 3.39. The summed E-state index contributed by atoms with van der Waals surface area (Å²) >= 11 is 0. The first-order valence-electron chi connectivity index (χ1n) is 6.96. The number of rotatable bonds is 4. The summed E-state index contributed by atoms with van der Waals surface area (Å²) in [6, 6.07) is 9.72. The Balaban J connectivity index is 2.17. The fourth-order valence-electron chi connectivity index (χ4n) is 2.33. The zero-order valence-electron chi connectivity index (χ0n) is 12.1. The van der Waals surface area contributed by atoms with Gasteiger partial charge in [0.1, 0.15) is 0 Å². The van der Waals surface area contributed by atoms with Crippen LogP contribution in [0.15, 0.2) is 30.3 Å². The predicted octanol–water partition coefficient (Wildman–Crippen LogP) is 1.55. The van der Waals surface area contributed by atoms with Gasteiger partial charge in [-0.05, 0) is 35.4 Å². The molecule has 0 spiro atoms. The maximum absolute atomic E-state index is 6.16. The maximum atomic E-state index is 6.16. The summed E-state index contributed by atoms with van der Waals surface area (Å²) in [7, 11) is 0. The predicted molar refractivity (Wildman–Crippen MR) is 79.4 cm³/mol. The second kappa shape index (κ2) is 5.35. The molecular weight excluding hydrogens is 266 g/mol. The van der Waals surface area contributed by atoms with Crippen LogP contribution in [-0.2, 0) is 12.8 Å². The third-order valence-electron chi connectivity index (χ3n) is 3.41. The van der Waals surface area contributed by atoms with E-state index in [2.05, 4.69) is 20.6 Å². The van der Waals surface area contributed by atoms with E-state index in [4.69, 9.17) is 5.73 Å². The number of nitrogens with zero attached hydrogens (tertiary/aromatic N) is 6. The molecule has 108 valence electrons. The molecule has 2 aromatic heterocycles. The summed E-state index contributed by atoms with van der Waals surface area (Å²) in [5, 5.41) is 16.5. The van der Waals surface area contributed by atoms with Crippen molar-refractivity contribution in [2.24, 2.45) is 0 Å². The van der Waals surface area contributed by atoms with Gasteiger partial charge in [0.15, 0.2) is 0 Å². The van der Waals surface area contributed by atoms with Crippen molar-refractivity contribution in [3.63, 3.8) is 0 Å². The number of aryl methyl sites for hydroxylation is 1. The van der Waals surface area contributed by atoms with Crippen molar-refractivity contribution in [1.82, 2.24) is 30.0 Å². The number of aromatic nitrogens is 6. The highest BCUT2D eigenvalue weighted by atomic mass is 15.6. The molecule has 21 heavy (non-hydrogen) atoms. The number of nitrogens with two attached hydrogens (primary N) is 1. The number of benzene rings is 1. The van der Waals surface area contributed by atoms with Gasteiger partial charge in [0.2, 0.25) is 0 Å². The molecule has 0 unspecified atom stereocenters. The van der Waals surface area contributed by atoms with Crippen LogP contribution < -0.4 is 5.73 Å². The lowest BCUT2D eigenvalue weighted by Crippen LogP contribution is -2.11. The molecule has 1 aromatic carbocycles. The molecule has 2 heterocycles. The van der Waals surface area contributed by atoms with Crippen LogP contribution in [0.25, 0.3) is 11.6 Å². The molecule has 0 saturated heterocycles. The average molecular weight is 283 g/mol. The third kappa shape index (κ3) is 2.16. The minimum atomic E-state index is 0.546. The van der Waals surface area contributed by atoms with Gasteiger partial charge in [-0.2, -0.15) is 14.5 Å². The van der Waals surface area contributed by atoms with Gasteiger partial charge in [-0.25, -0.2) is 0 Å². The number of hydrogen-bond acceptors (Lipinski definition) is 5. The molecule has 0 atom stereocenters.